The van der Waals surface area contributed by atoms with Crippen LogP contribution in [0.1, 0.15) is 39.4 Å². The molecule has 0 fully saturated rings. The Kier molecular flexibility index (Phi) is 8.52. The zero-order valence-corrected chi connectivity index (χ0v) is 18.3. The van der Waals surface area contributed by atoms with Gasteiger partial charge in [0.1, 0.15) is 11.4 Å². The monoisotopic (exact) mass is 492 g/mol. The largest absolute Gasteiger partial charge is 1.00 e. The van der Waals surface area contributed by atoms with Crippen molar-refractivity contribution in [3.05, 3.63) is 23.8 Å². The topological polar surface area (TPSA) is 98.5 Å². The first-order chi connectivity index (χ1) is 12.1. The molecule has 1 aliphatic heterocycles. The number of hydrogen-bond donors (Lipinski definition) is 3. The summed E-state index contributed by atoms with van der Waals surface area (Å²) in [5.41, 5.74) is 0.649. The minimum absolute atomic E-state index is 0. The van der Waals surface area contributed by atoms with Crippen LogP contribution in [-0.2, 0) is 14.2 Å². The summed E-state index contributed by atoms with van der Waals surface area (Å²) in [6, 6.07) is 5.29. The first-order valence-corrected chi connectivity index (χ1v) is 8.48. The Balaban J connectivity index is 0.00000364. The lowest BCUT2D eigenvalue weighted by Crippen LogP contribution is -3.12. The fraction of sp³-hybridized carbons (Fsp3) is 0.529. The van der Waals surface area contributed by atoms with Crippen molar-refractivity contribution >= 4 is 24.6 Å². The third-order valence-corrected chi connectivity index (χ3v) is 3.86. The Hall–Kier alpha value is -1.37. The molecular weight excluding hydrogens is 466 g/mol. The molecule has 0 radical (unpaired) electrons. The van der Waals surface area contributed by atoms with Gasteiger partial charge in [-0.2, -0.15) is 0 Å². The van der Waals surface area contributed by atoms with Gasteiger partial charge in [0.15, 0.2) is 0 Å². The van der Waals surface area contributed by atoms with Crippen LogP contribution in [0.15, 0.2) is 18.2 Å². The molecule has 3 N–H and O–H groups in total. The fourth-order valence-electron chi connectivity index (χ4n) is 2.46. The van der Waals surface area contributed by atoms with Gasteiger partial charge in [-0.05, 0) is 32.4 Å². The van der Waals surface area contributed by atoms with Crippen LogP contribution in [0.3, 0.4) is 0 Å². The van der Waals surface area contributed by atoms with E-state index in [1.807, 2.05) is 0 Å². The van der Waals surface area contributed by atoms with Crippen molar-refractivity contribution in [3.8, 4) is 5.75 Å². The van der Waals surface area contributed by atoms with Crippen LogP contribution >= 0.6 is 0 Å². The summed E-state index contributed by atoms with van der Waals surface area (Å²) in [6.45, 7) is 7.11. The van der Waals surface area contributed by atoms with E-state index >= 15 is 0 Å². The molecule has 2 unspecified atom stereocenters. The Morgan fingerprint density at radius 3 is 2.63 bits per heavy atom. The van der Waals surface area contributed by atoms with Crippen LogP contribution in [0.2, 0.25) is 0 Å². The highest BCUT2D eigenvalue weighted by Gasteiger charge is 2.38. The number of amides is 2. The van der Waals surface area contributed by atoms with E-state index in [4.69, 9.17) is 14.1 Å². The lowest BCUT2D eigenvalue weighted by atomic mass is 9.78. The molecule has 0 bridgehead atoms. The number of carbonyl (C=O) groups is 2. The molecule has 1 aliphatic rings. The Morgan fingerprint density at radius 1 is 1.37 bits per heavy atom. The highest BCUT2D eigenvalue weighted by Crippen LogP contribution is 2.27. The third-order valence-electron chi connectivity index (χ3n) is 3.86. The van der Waals surface area contributed by atoms with Crippen LogP contribution < -0.4 is 44.4 Å². The molecular formula is C17H26BIN2O6. The molecule has 1 heterocycles. The van der Waals surface area contributed by atoms with E-state index in [0.717, 1.165) is 5.56 Å². The number of hydrogen-bond acceptors (Lipinski definition) is 6. The van der Waals surface area contributed by atoms with E-state index in [9.17, 15) is 14.6 Å². The van der Waals surface area contributed by atoms with Crippen molar-refractivity contribution in [2.24, 2.45) is 0 Å². The van der Waals surface area contributed by atoms with E-state index in [0.29, 0.717) is 16.1 Å². The van der Waals surface area contributed by atoms with Gasteiger partial charge in [-0.3, -0.25) is 0 Å². The second-order valence-corrected chi connectivity index (χ2v) is 7.24. The average molecular weight is 492 g/mol. The van der Waals surface area contributed by atoms with E-state index in [1.54, 1.807) is 46.0 Å². The van der Waals surface area contributed by atoms with E-state index in [2.05, 4.69) is 5.32 Å². The molecule has 1 aromatic rings. The maximum absolute atomic E-state index is 11.8. The number of nitrogens with one attached hydrogen (secondary N) is 2. The lowest BCUT2D eigenvalue weighted by Gasteiger charge is -2.21. The predicted molar refractivity (Wildman–Crippen MR) is 95.2 cm³/mol. The normalized spacial score (nSPS) is 16.8. The van der Waals surface area contributed by atoms with Gasteiger partial charge >= 0.3 is 19.1 Å². The minimum atomic E-state index is -1.16. The van der Waals surface area contributed by atoms with E-state index in [-0.39, 0.29) is 43.2 Å². The molecule has 0 saturated carbocycles. The minimum Gasteiger partial charge on any atom is -1.00 e. The lowest BCUT2D eigenvalue weighted by molar-refractivity contribution is -0.816. The van der Waals surface area contributed by atoms with Crippen LogP contribution in [-0.4, -0.2) is 50.1 Å². The Bertz CT molecular complexity index is 682. The summed E-state index contributed by atoms with van der Waals surface area (Å²) in [6.07, 6.45) is -1.07. The molecule has 2 amide bonds. The first-order valence-electron chi connectivity index (χ1n) is 8.48. The molecule has 0 aromatic heterocycles. The first kappa shape index (κ1) is 23.7. The van der Waals surface area contributed by atoms with Gasteiger partial charge in [-0.15, -0.1) is 0 Å². The van der Waals surface area contributed by atoms with Crippen molar-refractivity contribution in [1.29, 1.82) is 0 Å². The fourth-order valence-corrected chi connectivity index (χ4v) is 2.46. The molecule has 2 atom stereocenters. The van der Waals surface area contributed by atoms with Gasteiger partial charge in [-0.1, -0.05) is 12.1 Å². The van der Waals surface area contributed by atoms with Gasteiger partial charge in [0.25, 0.3) is 0 Å². The van der Waals surface area contributed by atoms with Crippen molar-refractivity contribution in [3.63, 3.8) is 0 Å². The molecule has 150 valence electrons. The zero-order chi connectivity index (χ0) is 19.5. The quantitative estimate of drug-likeness (QED) is 0.223. The number of carbonyl (C=O) groups excluding carboxylic acids is 2. The molecule has 0 spiro atoms. The van der Waals surface area contributed by atoms with Gasteiger partial charge in [0.05, 0.1) is 20.1 Å². The Labute approximate surface area is 176 Å². The third kappa shape index (κ3) is 6.63. The van der Waals surface area contributed by atoms with Crippen LogP contribution in [0.5, 0.6) is 5.75 Å². The maximum Gasteiger partial charge on any atom is 0.495 e. The smallest absolute Gasteiger partial charge is 0.495 e. The summed E-state index contributed by atoms with van der Waals surface area (Å²) in [5, 5.41) is 12.9. The second kappa shape index (κ2) is 9.72. The highest BCUT2D eigenvalue weighted by molar-refractivity contribution is 6.62. The van der Waals surface area contributed by atoms with Crippen molar-refractivity contribution in [2.45, 2.75) is 39.4 Å². The summed E-state index contributed by atoms with van der Waals surface area (Å²) in [7, 11) is 0.538. The number of alkyl carbamates (subject to hydrolysis) is 1. The number of ether oxygens (including phenoxy) is 2. The van der Waals surface area contributed by atoms with Crippen molar-refractivity contribution in [2.75, 3.05) is 20.3 Å². The van der Waals surface area contributed by atoms with Gasteiger partial charge in [-0.25, -0.2) is 14.5 Å². The molecule has 1 aromatic carbocycles. The summed E-state index contributed by atoms with van der Waals surface area (Å²) in [5.74, 6) is 0.407. The van der Waals surface area contributed by atoms with Crippen molar-refractivity contribution < 1.29 is 57.6 Å². The van der Waals surface area contributed by atoms with Gasteiger partial charge in [0.2, 0.25) is 6.73 Å². The maximum atomic E-state index is 11.8. The van der Waals surface area contributed by atoms with Crippen LogP contribution in [0, 0.1) is 0 Å². The molecule has 10 heteroatoms. The average Bonchev–Trinajstić information content (AvgIpc) is 2.86. The van der Waals surface area contributed by atoms with Crippen LogP contribution in [0.4, 0.5) is 4.79 Å². The number of quaternary nitrogens is 1. The number of fused-ring (bicyclic) bond motifs is 1. The molecule has 2 rings (SSSR count). The molecule has 27 heavy (non-hydrogen) atoms. The van der Waals surface area contributed by atoms with Gasteiger partial charge in [0, 0.05) is 12.0 Å². The molecule has 0 saturated heterocycles. The SMILES string of the molecule is CC(=O)[NH+](C)COc1cccc2c1B(O)OC2CNC(=O)OC(C)(C)C.[I-]. The van der Waals surface area contributed by atoms with Crippen molar-refractivity contribution in [1.82, 2.24) is 5.32 Å². The molecule has 8 nitrogen and oxygen atoms in total. The van der Waals surface area contributed by atoms with Crippen LogP contribution in [0.25, 0.3) is 0 Å². The number of halogens is 1. The zero-order valence-electron chi connectivity index (χ0n) is 16.2. The predicted octanol–water partition coefficient (Wildman–Crippen LogP) is -3.63. The highest BCUT2D eigenvalue weighted by atomic mass is 127. The van der Waals surface area contributed by atoms with E-state index < -0.39 is 24.9 Å². The van der Waals surface area contributed by atoms with Gasteiger partial charge < -0.3 is 48.4 Å². The number of rotatable bonds is 5. The Morgan fingerprint density at radius 2 is 2.04 bits per heavy atom. The number of benzene rings is 1. The summed E-state index contributed by atoms with van der Waals surface area (Å²) >= 11 is 0. The summed E-state index contributed by atoms with van der Waals surface area (Å²) < 4.78 is 16.4. The second-order valence-electron chi connectivity index (χ2n) is 7.24. The standard InChI is InChI=1S/C17H25BN2O6.HI/c1-11(21)20(5)10-24-13-8-6-7-12-14(26-18(23)15(12)13)9-19-16(22)25-17(2,3)4;/h6-8,14,23H,9-10H2,1-5H3,(H,19,22);1H. The molecule has 0 aliphatic carbocycles. The summed E-state index contributed by atoms with van der Waals surface area (Å²) in [4.78, 5) is 23.7. The van der Waals surface area contributed by atoms with E-state index in [1.165, 1.54) is 6.92 Å².